The zero-order chi connectivity index (χ0) is 15.3. The van der Waals surface area contributed by atoms with Crippen molar-refractivity contribution in [2.45, 2.75) is 13.0 Å². The molecular weight excluding hydrogens is 290 g/mol. The van der Waals surface area contributed by atoms with Crippen LogP contribution in [0.5, 0.6) is 0 Å². The lowest BCUT2D eigenvalue weighted by atomic mass is 10.2. The summed E-state index contributed by atoms with van der Waals surface area (Å²) in [7, 11) is 0. The highest BCUT2D eigenvalue weighted by molar-refractivity contribution is 6.33. The summed E-state index contributed by atoms with van der Waals surface area (Å²) in [6.07, 6.45) is 0. The summed E-state index contributed by atoms with van der Waals surface area (Å²) >= 11 is 5.68. The van der Waals surface area contributed by atoms with E-state index in [-0.39, 0.29) is 23.0 Å². The highest BCUT2D eigenvalue weighted by Crippen LogP contribution is 2.27. The van der Waals surface area contributed by atoms with Gasteiger partial charge in [0.2, 0.25) is 0 Å². The number of nitro groups is 1. The van der Waals surface area contributed by atoms with Crippen LogP contribution in [0.1, 0.15) is 6.92 Å². The average molecular weight is 302 g/mol. The van der Waals surface area contributed by atoms with Gasteiger partial charge in [0, 0.05) is 11.8 Å². The molecule has 9 heteroatoms. The first-order valence-electron chi connectivity index (χ1n) is 5.53. The molecule has 1 rings (SSSR count). The van der Waals surface area contributed by atoms with Crippen LogP contribution in [0.2, 0.25) is 5.02 Å². The number of hydrogen-bond donors (Lipinski definition) is 2. The van der Waals surface area contributed by atoms with E-state index in [0.29, 0.717) is 0 Å². The molecule has 1 amide bonds. The molecule has 20 heavy (non-hydrogen) atoms. The number of nitrogens with one attached hydrogen (secondary N) is 1. The van der Waals surface area contributed by atoms with Crippen LogP contribution >= 0.6 is 11.6 Å². The van der Waals surface area contributed by atoms with E-state index < -0.39 is 22.8 Å². The summed E-state index contributed by atoms with van der Waals surface area (Å²) in [6, 6.07) is 2.12. The van der Waals surface area contributed by atoms with E-state index in [4.69, 9.17) is 17.3 Å². The predicted molar refractivity (Wildman–Crippen MR) is 71.3 cm³/mol. The molecule has 1 aromatic carbocycles. The minimum absolute atomic E-state index is 0.100. The van der Waals surface area contributed by atoms with Crippen molar-refractivity contribution in [3.8, 4) is 0 Å². The maximum Gasteiger partial charge on any atom is 0.332 e. The fourth-order valence-electron chi connectivity index (χ4n) is 1.29. The van der Waals surface area contributed by atoms with Crippen molar-refractivity contribution in [2.24, 2.45) is 5.73 Å². The Morgan fingerprint density at radius 3 is 2.70 bits per heavy atom. The fraction of sp³-hybridized carbons (Fsp3) is 0.273. The van der Waals surface area contributed by atoms with Crippen LogP contribution in [0, 0.1) is 10.1 Å². The second kappa shape index (κ2) is 6.83. The van der Waals surface area contributed by atoms with E-state index in [1.54, 1.807) is 6.92 Å². The number of carbonyl (C=O) groups excluding carboxylic acids is 2. The number of esters is 1. The molecule has 0 radical (unpaired) electrons. The smallest absolute Gasteiger partial charge is 0.332 e. The molecule has 0 aliphatic rings. The summed E-state index contributed by atoms with van der Waals surface area (Å²) in [5.41, 5.74) is 5.28. The predicted octanol–water partition coefficient (Wildman–Crippen LogP) is 1.08. The number of carbonyl (C=O) groups is 2. The van der Waals surface area contributed by atoms with E-state index in [1.165, 1.54) is 12.1 Å². The number of nitro benzene ring substituents is 1. The highest BCUT2D eigenvalue weighted by atomic mass is 35.5. The minimum atomic E-state index is -1.48. The molecule has 3 N–H and O–H groups in total. The Kier molecular flexibility index (Phi) is 5.42. The first kappa shape index (κ1) is 15.9. The van der Waals surface area contributed by atoms with Crippen LogP contribution in [0.3, 0.4) is 0 Å². The molecule has 0 aliphatic carbocycles. The second-order valence-electron chi connectivity index (χ2n) is 3.64. The molecular formula is C11H12ClN3O5. The maximum absolute atomic E-state index is 11.6. The molecule has 1 atom stereocenters. The van der Waals surface area contributed by atoms with Gasteiger partial charge in [-0.15, -0.1) is 0 Å². The molecule has 0 saturated heterocycles. The van der Waals surface area contributed by atoms with Crippen LogP contribution in [0.4, 0.5) is 11.4 Å². The van der Waals surface area contributed by atoms with Gasteiger partial charge in [-0.3, -0.25) is 14.9 Å². The van der Waals surface area contributed by atoms with Crippen molar-refractivity contribution in [3.05, 3.63) is 33.3 Å². The van der Waals surface area contributed by atoms with Crippen LogP contribution in [0.25, 0.3) is 0 Å². The molecule has 0 heterocycles. The number of hydrogen-bond acceptors (Lipinski definition) is 6. The lowest BCUT2D eigenvalue weighted by molar-refractivity contribution is -0.384. The van der Waals surface area contributed by atoms with Gasteiger partial charge in [-0.1, -0.05) is 11.6 Å². The van der Waals surface area contributed by atoms with Gasteiger partial charge >= 0.3 is 5.97 Å². The lowest BCUT2D eigenvalue weighted by Gasteiger charge is -2.11. The summed E-state index contributed by atoms with van der Waals surface area (Å²) < 4.78 is 4.60. The van der Waals surface area contributed by atoms with Crippen molar-refractivity contribution in [1.29, 1.82) is 0 Å². The van der Waals surface area contributed by atoms with Crippen molar-refractivity contribution in [1.82, 2.24) is 0 Å². The van der Waals surface area contributed by atoms with Gasteiger partial charge < -0.3 is 15.8 Å². The summed E-state index contributed by atoms with van der Waals surface area (Å²) in [5.74, 6) is -1.66. The van der Waals surface area contributed by atoms with E-state index in [9.17, 15) is 19.7 Å². The minimum Gasteiger partial charge on any atom is -0.464 e. The Balaban J connectivity index is 2.79. The number of nitrogens with zero attached hydrogens (tertiary/aromatic N) is 1. The summed E-state index contributed by atoms with van der Waals surface area (Å²) in [4.78, 5) is 32.8. The SMILES string of the molecule is CCOC(=O)C(N)C(=O)Nc1ccc([N+](=O)[O-])c(Cl)c1. The van der Waals surface area contributed by atoms with Gasteiger partial charge in [0.05, 0.1) is 11.5 Å². The van der Waals surface area contributed by atoms with Crippen molar-refractivity contribution < 1.29 is 19.2 Å². The van der Waals surface area contributed by atoms with Gasteiger partial charge in [0.1, 0.15) is 5.02 Å². The second-order valence-corrected chi connectivity index (χ2v) is 4.05. The number of anilines is 1. The van der Waals surface area contributed by atoms with Crippen molar-refractivity contribution >= 4 is 34.9 Å². The van der Waals surface area contributed by atoms with Crippen LogP contribution in [0.15, 0.2) is 18.2 Å². The zero-order valence-corrected chi connectivity index (χ0v) is 11.2. The maximum atomic E-state index is 11.6. The molecule has 0 aliphatic heterocycles. The molecule has 0 bridgehead atoms. The molecule has 0 spiro atoms. The third kappa shape index (κ3) is 3.90. The monoisotopic (exact) mass is 301 g/mol. The molecule has 108 valence electrons. The number of ether oxygens (including phenoxy) is 1. The third-order valence-corrected chi connectivity index (χ3v) is 2.54. The van der Waals surface area contributed by atoms with Gasteiger partial charge in [0.15, 0.2) is 6.04 Å². The summed E-state index contributed by atoms with van der Waals surface area (Å²) in [6.45, 7) is 1.68. The van der Waals surface area contributed by atoms with Gasteiger partial charge in [-0.05, 0) is 19.1 Å². The number of amides is 1. The zero-order valence-electron chi connectivity index (χ0n) is 10.5. The van der Waals surface area contributed by atoms with Crippen LogP contribution in [-0.4, -0.2) is 29.4 Å². The van der Waals surface area contributed by atoms with E-state index in [1.807, 2.05) is 0 Å². The average Bonchev–Trinajstić information content (AvgIpc) is 2.37. The Morgan fingerprint density at radius 2 is 2.20 bits per heavy atom. The van der Waals surface area contributed by atoms with Crippen LogP contribution in [-0.2, 0) is 14.3 Å². The standard InChI is InChI=1S/C11H12ClN3O5/c1-2-20-11(17)9(13)10(16)14-6-3-4-8(15(18)19)7(12)5-6/h3-5,9H,2,13H2,1H3,(H,14,16). The molecule has 1 unspecified atom stereocenters. The number of halogens is 1. The number of nitrogens with two attached hydrogens (primary N) is 1. The Labute approximate surface area is 119 Å². The van der Waals surface area contributed by atoms with Gasteiger partial charge in [-0.25, -0.2) is 4.79 Å². The van der Waals surface area contributed by atoms with Gasteiger partial charge in [-0.2, -0.15) is 0 Å². The largest absolute Gasteiger partial charge is 0.464 e. The van der Waals surface area contributed by atoms with Crippen LogP contribution < -0.4 is 11.1 Å². The molecule has 0 aromatic heterocycles. The molecule has 0 fully saturated rings. The number of rotatable bonds is 5. The van der Waals surface area contributed by atoms with E-state index in [2.05, 4.69) is 10.1 Å². The Hall–Kier alpha value is -2.19. The number of benzene rings is 1. The van der Waals surface area contributed by atoms with Crippen molar-refractivity contribution in [2.75, 3.05) is 11.9 Å². The van der Waals surface area contributed by atoms with Gasteiger partial charge in [0.25, 0.3) is 11.6 Å². The third-order valence-electron chi connectivity index (χ3n) is 2.23. The quantitative estimate of drug-likeness (QED) is 0.363. The van der Waals surface area contributed by atoms with E-state index >= 15 is 0 Å². The fourth-order valence-corrected chi connectivity index (χ4v) is 1.54. The lowest BCUT2D eigenvalue weighted by Crippen LogP contribution is -2.43. The highest BCUT2D eigenvalue weighted by Gasteiger charge is 2.24. The normalized spacial score (nSPS) is 11.6. The Bertz CT molecular complexity index is 549. The van der Waals surface area contributed by atoms with E-state index in [0.717, 1.165) is 6.07 Å². The molecule has 1 aromatic rings. The molecule has 0 saturated carbocycles. The first-order chi connectivity index (χ1) is 9.36. The first-order valence-corrected chi connectivity index (χ1v) is 5.91. The topological polar surface area (TPSA) is 125 Å². The summed E-state index contributed by atoms with van der Waals surface area (Å²) in [5, 5.41) is 12.8. The Morgan fingerprint density at radius 1 is 1.55 bits per heavy atom. The van der Waals surface area contributed by atoms with Crippen molar-refractivity contribution in [3.63, 3.8) is 0 Å². The molecule has 8 nitrogen and oxygen atoms in total.